The minimum Gasteiger partial charge on any atom is -0.481 e. The van der Waals surface area contributed by atoms with Crippen LogP contribution in [0, 0.1) is 11.3 Å². The minimum absolute atomic E-state index is 0.104. The molecule has 0 heterocycles. The number of carboxylic acid groups (broad SMARTS) is 1. The third kappa shape index (κ3) is 2.05. The molecule has 1 saturated carbocycles. The lowest BCUT2D eigenvalue weighted by atomic mass is 9.72. The van der Waals surface area contributed by atoms with E-state index in [1.807, 2.05) is 0 Å². The van der Waals surface area contributed by atoms with Crippen LogP contribution in [0.4, 0.5) is 0 Å². The molecule has 1 aliphatic carbocycles. The highest BCUT2D eigenvalue weighted by Crippen LogP contribution is 2.39. The van der Waals surface area contributed by atoms with Crippen molar-refractivity contribution < 1.29 is 19.4 Å². The average Bonchev–Trinajstić information content (AvgIpc) is 2.17. The predicted molar refractivity (Wildman–Crippen MR) is 49.7 cm³/mol. The maximum atomic E-state index is 11.2. The summed E-state index contributed by atoms with van der Waals surface area (Å²) >= 11 is 0. The lowest BCUT2D eigenvalue weighted by Crippen LogP contribution is -2.34. The molecule has 1 N–H and O–H groups in total. The second-order valence-electron chi connectivity index (χ2n) is 4.16. The van der Waals surface area contributed by atoms with Crippen LogP contribution in [0.3, 0.4) is 0 Å². The summed E-state index contributed by atoms with van der Waals surface area (Å²) in [6.45, 7) is 1.74. The molecule has 1 fully saturated rings. The molecule has 0 bridgehead atoms. The van der Waals surface area contributed by atoms with Gasteiger partial charge >= 0.3 is 11.9 Å². The third-order valence-electron chi connectivity index (χ3n) is 3.14. The molecule has 0 spiro atoms. The van der Waals surface area contributed by atoms with Crippen molar-refractivity contribution in [3.8, 4) is 0 Å². The molecule has 0 aliphatic heterocycles. The van der Waals surface area contributed by atoms with E-state index in [4.69, 9.17) is 5.11 Å². The molecule has 0 aromatic heterocycles. The molecule has 0 amide bonds. The van der Waals surface area contributed by atoms with Crippen molar-refractivity contribution in [2.75, 3.05) is 7.11 Å². The van der Waals surface area contributed by atoms with Gasteiger partial charge in [-0.2, -0.15) is 0 Å². The molecule has 4 nitrogen and oxygen atoms in total. The first-order valence-electron chi connectivity index (χ1n) is 4.81. The Bertz CT molecular complexity index is 239. The van der Waals surface area contributed by atoms with E-state index in [0.717, 1.165) is 0 Å². The topological polar surface area (TPSA) is 63.6 Å². The zero-order valence-corrected chi connectivity index (χ0v) is 8.58. The third-order valence-corrected chi connectivity index (χ3v) is 3.14. The maximum absolute atomic E-state index is 11.2. The summed E-state index contributed by atoms with van der Waals surface area (Å²) in [5.41, 5.74) is -0.648. The molecule has 0 atom stereocenters. The summed E-state index contributed by atoms with van der Waals surface area (Å²) in [5.74, 6) is -1.08. The molecule has 1 aliphatic rings. The van der Waals surface area contributed by atoms with E-state index in [1.165, 1.54) is 7.11 Å². The Morgan fingerprint density at radius 2 is 1.86 bits per heavy atom. The second kappa shape index (κ2) is 3.98. The zero-order chi connectivity index (χ0) is 10.8. The molecule has 1 rings (SSSR count). The van der Waals surface area contributed by atoms with Gasteiger partial charge in [0.15, 0.2) is 0 Å². The molecule has 0 radical (unpaired) electrons. The van der Waals surface area contributed by atoms with Gasteiger partial charge in [-0.3, -0.25) is 9.59 Å². The average molecular weight is 200 g/mol. The van der Waals surface area contributed by atoms with Crippen LogP contribution in [0.1, 0.15) is 32.6 Å². The fourth-order valence-electron chi connectivity index (χ4n) is 1.87. The second-order valence-corrected chi connectivity index (χ2v) is 4.16. The molecule has 0 aromatic rings. The Balaban J connectivity index is 2.54. The highest BCUT2D eigenvalue weighted by Gasteiger charge is 2.39. The fourth-order valence-corrected chi connectivity index (χ4v) is 1.87. The minimum atomic E-state index is -0.763. The molecular weight excluding hydrogens is 184 g/mol. The molecule has 0 unspecified atom stereocenters. The number of carbonyl (C=O) groups is 2. The van der Waals surface area contributed by atoms with Crippen molar-refractivity contribution >= 4 is 11.9 Å². The molecule has 4 heteroatoms. The number of ether oxygens (including phenoxy) is 1. The number of carboxylic acids is 1. The molecule has 0 aromatic carbocycles. The Morgan fingerprint density at radius 1 is 1.36 bits per heavy atom. The smallest absolute Gasteiger partial charge is 0.309 e. The van der Waals surface area contributed by atoms with Crippen LogP contribution < -0.4 is 0 Å². The van der Waals surface area contributed by atoms with Crippen LogP contribution in [0.2, 0.25) is 0 Å². The number of hydrogen-bond acceptors (Lipinski definition) is 3. The summed E-state index contributed by atoms with van der Waals surface area (Å²) in [5, 5.41) is 8.96. The number of methoxy groups -OCH3 is 1. The van der Waals surface area contributed by atoms with Crippen LogP contribution in [0.15, 0.2) is 0 Å². The quantitative estimate of drug-likeness (QED) is 0.685. The van der Waals surface area contributed by atoms with Crippen LogP contribution in [0.5, 0.6) is 0 Å². The summed E-state index contributed by atoms with van der Waals surface area (Å²) in [7, 11) is 1.37. The van der Waals surface area contributed by atoms with Gasteiger partial charge in [-0.25, -0.2) is 0 Å². The van der Waals surface area contributed by atoms with Crippen molar-refractivity contribution in [1.82, 2.24) is 0 Å². The van der Waals surface area contributed by atoms with Crippen molar-refractivity contribution in [2.24, 2.45) is 11.3 Å². The first-order valence-corrected chi connectivity index (χ1v) is 4.81. The van der Waals surface area contributed by atoms with Crippen LogP contribution in [-0.4, -0.2) is 24.2 Å². The molecule has 80 valence electrons. The molecule has 14 heavy (non-hydrogen) atoms. The standard InChI is InChI=1S/C10H16O4/c1-10(9(12)13)5-3-7(4-6-10)8(11)14-2/h7H,3-6H2,1-2H3,(H,12,13). The van der Waals surface area contributed by atoms with Gasteiger partial charge in [-0.05, 0) is 32.6 Å². The van der Waals surface area contributed by atoms with Crippen LogP contribution in [-0.2, 0) is 14.3 Å². The Kier molecular flexibility index (Phi) is 3.13. The van der Waals surface area contributed by atoms with Crippen LogP contribution >= 0.6 is 0 Å². The van der Waals surface area contributed by atoms with E-state index in [2.05, 4.69) is 4.74 Å². The van der Waals surface area contributed by atoms with E-state index >= 15 is 0 Å². The summed E-state index contributed by atoms with van der Waals surface area (Å²) < 4.78 is 4.63. The van der Waals surface area contributed by atoms with Gasteiger partial charge in [0.25, 0.3) is 0 Å². The lowest BCUT2D eigenvalue weighted by molar-refractivity contribution is -0.155. The Morgan fingerprint density at radius 3 is 2.21 bits per heavy atom. The number of hydrogen-bond donors (Lipinski definition) is 1. The van der Waals surface area contributed by atoms with Crippen LogP contribution in [0.25, 0.3) is 0 Å². The van der Waals surface area contributed by atoms with E-state index in [1.54, 1.807) is 6.92 Å². The number of carbonyl (C=O) groups excluding carboxylic acids is 1. The van der Waals surface area contributed by atoms with E-state index in [9.17, 15) is 9.59 Å². The van der Waals surface area contributed by atoms with Crippen molar-refractivity contribution in [3.63, 3.8) is 0 Å². The fraction of sp³-hybridized carbons (Fsp3) is 0.800. The number of aliphatic carboxylic acids is 1. The van der Waals surface area contributed by atoms with E-state index in [0.29, 0.717) is 25.7 Å². The van der Waals surface area contributed by atoms with Crippen molar-refractivity contribution in [2.45, 2.75) is 32.6 Å². The summed E-state index contributed by atoms with van der Waals surface area (Å²) in [6, 6.07) is 0. The Hall–Kier alpha value is -1.06. The zero-order valence-electron chi connectivity index (χ0n) is 8.58. The van der Waals surface area contributed by atoms with Gasteiger partial charge in [0.1, 0.15) is 0 Å². The molecule has 0 saturated heterocycles. The highest BCUT2D eigenvalue weighted by atomic mass is 16.5. The van der Waals surface area contributed by atoms with Gasteiger partial charge in [-0.15, -0.1) is 0 Å². The van der Waals surface area contributed by atoms with Gasteiger partial charge < -0.3 is 9.84 Å². The largest absolute Gasteiger partial charge is 0.481 e. The lowest BCUT2D eigenvalue weighted by Gasteiger charge is -2.32. The van der Waals surface area contributed by atoms with Gasteiger partial charge in [-0.1, -0.05) is 0 Å². The van der Waals surface area contributed by atoms with E-state index in [-0.39, 0.29) is 11.9 Å². The summed E-state index contributed by atoms with van der Waals surface area (Å²) in [6.07, 6.45) is 2.36. The predicted octanol–water partition coefficient (Wildman–Crippen LogP) is 1.44. The number of rotatable bonds is 2. The van der Waals surface area contributed by atoms with E-state index < -0.39 is 11.4 Å². The highest BCUT2D eigenvalue weighted by molar-refractivity contribution is 5.76. The normalized spacial score (nSPS) is 32.3. The summed E-state index contributed by atoms with van der Waals surface area (Å²) in [4.78, 5) is 22.1. The Labute approximate surface area is 83.2 Å². The first-order chi connectivity index (χ1) is 6.49. The van der Waals surface area contributed by atoms with Crippen molar-refractivity contribution in [1.29, 1.82) is 0 Å². The SMILES string of the molecule is COC(=O)C1CCC(C)(C(=O)O)CC1. The number of esters is 1. The monoisotopic (exact) mass is 200 g/mol. The molecular formula is C10H16O4. The first kappa shape index (κ1) is 11.0. The van der Waals surface area contributed by atoms with Gasteiger partial charge in [0.05, 0.1) is 18.4 Å². The van der Waals surface area contributed by atoms with Gasteiger partial charge in [0.2, 0.25) is 0 Å². The van der Waals surface area contributed by atoms with Gasteiger partial charge in [0, 0.05) is 0 Å². The van der Waals surface area contributed by atoms with Crippen molar-refractivity contribution in [3.05, 3.63) is 0 Å². The maximum Gasteiger partial charge on any atom is 0.309 e.